The standard InChI is InChI=1S/C23H17N5OS/c29-20-9-8-17(19-7-4-12-25-21(19)20)15-30-23-27-26-22(16-10-13-24-14-11-16)28(23)18-5-2-1-3-6-18/h1-14,29H,15H2. The van der Waals surface area contributed by atoms with Crippen LogP contribution in [0.4, 0.5) is 0 Å². The molecule has 0 radical (unpaired) electrons. The lowest BCUT2D eigenvalue weighted by Gasteiger charge is -2.11. The van der Waals surface area contributed by atoms with Gasteiger partial charge in [0.2, 0.25) is 0 Å². The van der Waals surface area contributed by atoms with Gasteiger partial charge in [0.15, 0.2) is 11.0 Å². The summed E-state index contributed by atoms with van der Waals surface area (Å²) < 4.78 is 2.06. The maximum atomic E-state index is 10.1. The average Bonchev–Trinajstić information content (AvgIpc) is 3.24. The number of thioether (sulfide) groups is 1. The molecule has 0 aliphatic heterocycles. The highest BCUT2D eigenvalue weighted by molar-refractivity contribution is 7.98. The van der Waals surface area contributed by atoms with Gasteiger partial charge in [0.1, 0.15) is 11.3 Å². The van der Waals surface area contributed by atoms with Crippen molar-refractivity contribution in [3.05, 3.63) is 90.9 Å². The topological polar surface area (TPSA) is 76.7 Å². The number of pyridine rings is 2. The lowest BCUT2D eigenvalue weighted by molar-refractivity contribution is 0.480. The molecule has 3 heterocycles. The Hall–Kier alpha value is -3.71. The molecule has 6 nitrogen and oxygen atoms in total. The van der Waals surface area contributed by atoms with Crippen molar-refractivity contribution in [3.8, 4) is 22.8 Å². The molecule has 0 saturated carbocycles. The van der Waals surface area contributed by atoms with E-state index in [-0.39, 0.29) is 5.75 Å². The van der Waals surface area contributed by atoms with Gasteiger partial charge in [-0.25, -0.2) is 0 Å². The van der Waals surface area contributed by atoms with Crippen LogP contribution in [0.2, 0.25) is 0 Å². The van der Waals surface area contributed by atoms with Gasteiger partial charge in [0.05, 0.1) is 0 Å². The highest BCUT2D eigenvalue weighted by Gasteiger charge is 2.17. The van der Waals surface area contributed by atoms with E-state index in [1.54, 1.807) is 36.4 Å². The Balaban J connectivity index is 1.55. The summed E-state index contributed by atoms with van der Waals surface area (Å²) >= 11 is 1.60. The van der Waals surface area contributed by atoms with Crippen LogP contribution in [0.5, 0.6) is 5.75 Å². The third-order valence-electron chi connectivity index (χ3n) is 4.78. The Kier molecular flexibility index (Phi) is 4.86. The predicted molar refractivity (Wildman–Crippen MR) is 118 cm³/mol. The first-order valence-corrected chi connectivity index (χ1v) is 10.4. The number of rotatable bonds is 5. The average molecular weight is 411 g/mol. The fraction of sp³-hybridized carbons (Fsp3) is 0.0435. The smallest absolute Gasteiger partial charge is 0.196 e. The molecule has 1 N–H and O–H groups in total. The van der Waals surface area contributed by atoms with E-state index in [1.807, 2.05) is 60.7 Å². The van der Waals surface area contributed by atoms with Crippen molar-refractivity contribution in [3.63, 3.8) is 0 Å². The molecule has 5 rings (SSSR count). The number of phenols is 1. The molecule has 0 aliphatic rings. The number of fused-ring (bicyclic) bond motifs is 1. The van der Waals surface area contributed by atoms with Crippen LogP contribution in [-0.2, 0) is 5.75 Å². The number of hydrogen-bond acceptors (Lipinski definition) is 6. The third kappa shape index (κ3) is 3.40. The Morgan fingerprint density at radius 3 is 2.50 bits per heavy atom. The minimum absolute atomic E-state index is 0.187. The number of aromatic nitrogens is 5. The molecule has 0 saturated heterocycles. The van der Waals surface area contributed by atoms with E-state index < -0.39 is 0 Å². The molecule has 0 aliphatic carbocycles. The minimum Gasteiger partial charge on any atom is -0.506 e. The summed E-state index contributed by atoms with van der Waals surface area (Å²) in [6.45, 7) is 0. The number of benzene rings is 2. The van der Waals surface area contributed by atoms with Crippen molar-refractivity contribution in [2.75, 3.05) is 0 Å². The number of phenolic OH excluding ortho intramolecular Hbond substituents is 1. The van der Waals surface area contributed by atoms with E-state index >= 15 is 0 Å². The van der Waals surface area contributed by atoms with E-state index in [0.29, 0.717) is 11.3 Å². The Morgan fingerprint density at radius 2 is 1.67 bits per heavy atom. The van der Waals surface area contributed by atoms with Crippen LogP contribution < -0.4 is 0 Å². The third-order valence-corrected chi connectivity index (χ3v) is 5.76. The number of para-hydroxylation sites is 1. The van der Waals surface area contributed by atoms with Crippen LogP contribution in [0, 0.1) is 0 Å². The van der Waals surface area contributed by atoms with Crippen LogP contribution in [0.25, 0.3) is 28.0 Å². The van der Waals surface area contributed by atoms with Crippen LogP contribution in [0.1, 0.15) is 5.56 Å². The van der Waals surface area contributed by atoms with Crippen molar-refractivity contribution < 1.29 is 5.11 Å². The minimum atomic E-state index is 0.187. The molecule has 7 heteroatoms. The van der Waals surface area contributed by atoms with Gasteiger partial charge in [0, 0.05) is 41.0 Å². The van der Waals surface area contributed by atoms with Crippen LogP contribution in [0.3, 0.4) is 0 Å². The number of aromatic hydroxyl groups is 1. The van der Waals surface area contributed by atoms with E-state index in [0.717, 1.165) is 33.2 Å². The monoisotopic (exact) mass is 411 g/mol. The van der Waals surface area contributed by atoms with E-state index in [9.17, 15) is 5.11 Å². The SMILES string of the molecule is Oc1ccc(CSc2nnc(-c3ccncc3)n2-c2ccccc2)c2cccnc12. The van der Waals surface area contributed by atoms with Gasteiger partial charge in [-0.2, -0.15) is 0 Å². The van der Waals surface area contributed by atoms with E-state index in [4.69, 9.17) is 0 Å². The van der Waals surface area contributed by atoms with Crippen molar-refractivity contribution in [1.29, 1.82) is 0 Å². The molecule has 30 heavy (non-hydrogen) atoms. The Labute approximate surface area is 177 Å². The molecule has 5 aromatic rings. The second-order valence-electron chi connectivity index (χ2n) is 6.65. The summed E-state index contributed by atoms with van der Waals surface area (Å²) in [6, 6.07) is 21.4. The molecule has 0 spiro atoms. The lowest BCUT2D eigenvalue weighted by Crippen LogP contribution is -1.99. The fourth-order valence-electron chi connectivity index (χ4n) is 3.35. The molecule has 0 amide bonds. The number of hydrogen-bond donors (Lipinski definition) is 1. The molecule has 146 valence electrons. The van der Waals surface area contributed by atoms with Gasteiger partial charge in [-0.05, 0) is 42.0 Å². The largest absolute Gasteiger partial charge is 0.506 e. The van der Waals surface area contributed by atoms with Crippen LogP contribution in [-0.4, -0.2) is 29.8 Å². The molecule has 3 aromatic heterocycles. The summed E-state index contributed by atoms with van der Waals surface area (Å²) in [5.74, 6) is 1.62. The van der Waals surface area contributed by atoms with E-state index in [1.165, 1.54) is 0 Å². The molecule has 0 fully saturated rings. The van der Waals surface area contributed by atoms with Crippen LogP contribution >= 0.6 is 11.8 Å². The molecular weight excluding hydrogens is 394 g/mol. The van der Waals surface area contributed by atoms with Crippen molar-refractivity contribution >= 4 is 22.7 Å². The normalized spacial score (nSPS) is 11.1. The van der Waals surface area contributed by atoms with Gasteiger partial charge < -0.3 is 5.11 Å². The van der Waals surface area contributed by atoms with E-state index in [2.05, 4.69) is 24.7 Å². The van der Waals surface area contributed by atoms with Gasteiger partial charge in [-0.3, -0.25) is 14.5 Å². The summed E-state index contributed by atoms with van der Waals surface area (Å²) in [5, 5.41) is 20.8. The maximum absolute atomic E-state index is 10.1. The predicted octanol–water partition coefficient (Wildman–Crippen LogP) is 4.88. The summed E-state index contributed by atoms with van der Waals surface area (Å²) in [7, 11) is 0. The van der Waals surface area contributed by atoms with Gasteiger partial charge >= 0.3 is 0 Å². The fourth-order valence-corrected chi connectivity index (χ4v) is 4.30. The number of nitrogens with zero attached hydrogens (tertiary/aromatic N) is 5. The second kappa shape index (κ2) is 7.96. The lowest BCUT2D eigenvalue weighted by atomic mass is 10.1. The second-order valence-corrected chi connectivity index (χ2v) is 7.59. The van der Waals surface area contributed by atoms with Crippen molar-refractivity contribution in [2.24, 2.45) is 0 Å². The first-order valence-electron chi connectivity index (χ1n) is 9.41. The summed E-state index contributed by atoms with van der Waals surface area (Å²) in [4.78, 5) is 8.41. The molecule has 0 bridgehead atoms. The molecule has 2 aromatic carbocycles. The first kappa shape index (κ1) is 18.3. The molecule has 0 unspecified atom stereocenters. The highest BCUT2D eigenvalue weighted by Crippen LogP contribution is 2.32. The van der Waals surface area contributed by atoms with Gasteiger partial charge in [0.25, 0.3) is 0 Å². The zero-order valence-electron chi connectivity index (χ0n) is 15.9. The first-order chi connectivity index (χ1) is 14.8. The molecule has 0 atom stereocenters. The van der Waals surface area contributed by atoms with Gasteiger partial charge in [-0.15, -0.1) is 10.2 Å². The Morgan fingerprint density at radius 1 is 0.833 bits per heavy atom. The van der Waals surface area contributed by atoms with Crippen molar-refractivity contribution in [2.45, 2.75) is 10.9 Å². The zero-order valence-corrected chi connectivity index (χ0v) is 16.7. The summed E-state index contributed by atoms with van der Waals surface area (Å²) in [5.41, 5.74) is 3.63. The van der Waals surface area contributed by atoms with Crippen molar-refractivity contribution in [1.82, 2.24) is 24.7 Å². The zero-order chi connectivity index (χ0) is 20.3. The molecular formula is C23H17N5OS. The van der Waals surface area contributed by atoms with Gasteiger partial charge in [-0.1, -0.05) is 42.1 Å². The maximum Gasteiger partial charge on any atom is 0.196 e. The quantitative estimate of drug-likeness (QED) is 0.416. The summed E-state index contributed by atoms with van der Waals surface area (Å²) in [6.07, 6.45) is 5.19. The highest BCUT2D eigenvalue weighted by atomic mass is 32.2. The Bertz CT molecular complexity index is 1310. The van der Waals surface area contributed by atoms with Crippen LogP contribution in [0.15, 0.2) is 90.5 Å².